The third kappa shape index (κ3) is 3.35. The van der Waals surface area contributed by atoms with Gasteiger partial charge < -0.3 is 9.53 Å². The van der Waals surface area contributed by atoms with Crippen molar-refractivity contribution in [3.8, 4) is 0 Å². The molecule has 0 aliphatic rings. The molecule has 4 heteroatoms. The monoisotopic (exact) mass is 240 g/mol. The number of ether oxygens (including phenoxy) is 1. The van der Waals surface area contributed by atoms with E-state index in [1.54, 1.807) is 18.2 Å². The predicted octanol–water partition coefficient (Wildman–Crippen LogP) is 2.65. The number of hydrogen-bond donors (Lipinski definition) is 0. The van der Waals surface area contributed by atoms with Gasteiger partial charge in [-0.1, -0.05) is 24.6 Å². The summed E-state index contributed by atoms with van der Waals surface area (Å²) < 4.78 is 4.96. The Morgan fingerprint density at radius 2 is 2.25 bits per heavy atom. The van der Waals surface area contributed by atoms with Crippen LogP contribution in [0.15, 0.2) is 18.2 Å². The zero-order chi connectivity index (χ0) is 12.0. The Bertz CT molecular complexity index is 388. The van der Waals surface area contributed by atoms with Crippen molar-refractivity contribution in [2.45, 2.75) is 19.8 Å². The molecular formula is C12H13ClO3. The van der Waals surface area contributed by atoms with Gasteiger partial charge in [0.2, 0.25) is 0 Å². The van der Waals surface area contributed by atoms with Gasteiger partial charge in [0, 0.05) is 6.42 Å². The van der Waals surface area contributed by atoms with Crippen LogP contribution >= 0.6 is 11.6 Å². The number of benzene rings is 1. The Labute approximate surface area is 99.4 Å². The first-order valence-corrected chi connectivity index (χ1v) is 5.46. The van der Waals surface area contributed by atoms with E-state index in [1.165, 1.54) is 0 Å². The maximum atomic E-state index is 11.5. The Kier molecular flexibility index (Phi) is 4.99. The highest BCUT2D eigenvalue weighted by Crippen LogP contribution is 2.19. The van der Waals surface area contributed by atoms with Crippen molar-refractivity contribution in [1.29, 1.82) is 0 Å². The summed E-state index contributed by atoms with van der Waals surface area (Å²) in [6, 6.07) is 4.89. The fourth-order valence-electron chi connectivity index (χ4n) is 1.22. The van der Waals surface area contributed by atoms with Gasteiger partial charge in [-0.05, 0) is 24.1 Å². The summed E-state index contributed by atoms with van der Waals surface area (Å²) in [5.41, 5.74) is 1.12. The molecule has 1 aromatic carbocycles. The zero-order valence-electron chi connectivity index (χ0n) is 9.03. The van der Waals surface area contributed by atoms with Crippen LogP contribution in [-0.2, 0) is 16.0 Å². The molecular weight excluding hydrogens is 228 g/mol. The fraction of sp³-hybridized carbons (Fsp3) is 0.333. The topological polar surface area (TPSA) is 43.4 Å². The smallest absolute Gasteiger partial charge is 0.339 e. The number of esters is 1. The van der Waals surface area contributed by atoms with E-state index < -0.39 is 5.97 Å². The van der Waals surface area contributed by atoms with Crippen molar-refractivity contribution >= 4 is 23.9 Å². The van der Waals surface area contributed by atoms with Crippen molar-refractivity contribution in [2.24, 2.45) is 0 Å². The molecule has 0 fully saturated rings. The molecule has 1 aromatic rings. The normalized spacial score (nSPS) is 9.88. The van der Waals surface area contributed by atoms with Crippen LogP contribution in [0, 0.1) is 0 Å². The predicted molar refractivity (Wildman–Crippen MR) is 61.8 cm³/mol. The highest BCUT2D eigenvalue weighted by molar-refractivity contribution is 6.33. The van der Waals surface area contributed by atoms with Crippen molar-refractivity contribution in [3.63, 3.8) is 0 Å². The lowest BCUT2D eigenvalue weighted by Crippen LogP contribution is -2.06. The number of halogens is 1. The first-order valence-electron chi connectivity index (χ1n) is 5.08. The van der Waals surface area contributed by atoms with Gasteiger partial charge in [0.25, 0.3) is 0 Å². The third-order valence-electron chi connectivity index (χ3n) is 2.01. The summed E-state index contributed by atoms with van der Waals surface area (Å²) in [5, 5.41) is 0.320. The maximum Gasteiger partial charge on any atom is 0.339 e. The SMILES string of the molecule is CCCOC(=O)c1ccc(CC=O)cc1Cl. The third-order valence-corrected chi connectivity index (χ3v) is 2.32. The van der Waals surface area contributed by atoms with Crippen LogP contribution in [0.4, 0.5) is 0 Å². The lowest BCUT2D eigenvalue weighted by atomic mass is 10.1. The van der Waals surface area contributed by atoms with Gasteiger partial charge in [0.1, 0.15) is 6.29 Å². The van der Waals surface area contributed by atoms with Gasteiger partial charge in [0.05, 0.1) is 17.2 Å². The molecule has 16 heavy (non-hydrogen) atoms. The van der Waals surface area contributed by atoms with Crippen LogP contribution in [0.2, 0.25) is 5.02 Å². The van der Waals surface area contributed by atoms with E-state index in [0.717, 1.165) is 18.3 Å². The largest absolute Gasteiger partial charge is 0.462 e. The van der Waals surface area contributed by atoms with Crippen molar-refractivity contribution < 1.29 is 14.3 Å². The second kappa shape index (κ2) is 6.28. The van der Waals surface area contributed by atoms with Crippen LogP contribution in [-0.4, -0.2) is 18.9 Å². The first-order chi connectivity index (χ1) is 7.69. The molecule has 0 N–H and O–H groups in total. The highest BCUT2D eigenvalue weighted by Gasteiger charge is 2.11. The molecule has 0 heterocycles. The van der Waals surface area contributed by atoms with Crippen LogP contribution in [0.3, 0.4) is 0 Å². The van der Waals surface area contributed by atoms with E-state index in [4.69, 9.17) is 16.3 Å². The van der Waals surface area contributed by atoms with Crippen LogP contribution in [0.25, 0.3) is 0 Å². The average molecular weight is 241 g/mol. The molecule has 86 valence electrons. The molecule has 0 amide bonds. The van der Waals surface area contributed by atoms with Crippen molar-refractivity contribution in [3.05, 3.63) is 34.3 Å². The van der Waals surface area contributed by atoms with Gasteiger partial charge in [-0.25, -0.2) is 4.79 Å². The van der Waals surface area contributed by atoms with E-state index in [-0.39, 0.29) is 0 Å². The van der Waals surface area contributed by atoms with E-state index in [9.17, 15) is 9.59 Å². The number of carbonyl (C=O) groups is 2. The molecule has 0 aliphatic carbocycles. The van der Waals surface area contributed by atoms with E-state index in [1.807, 2.05) is 6.92 Å². The molecule has 0 radical (unpaired) electrons. The molecule has 1 rings (SSSR count). The zero-order valence-corrected chi connectivity index (χ0v) is 9.79. The molecule has 0 saturated heterocycles. The average Bonchev–Trinajstić information content (AvgIpc) is 2.26. The van der Waals surface area contributed by atoms with Crippen LogP contribution in [0.1, 0.15) is 29.3 Å². The van der Waals surface area contributed by atoms with Gasteiger partial charge >= 0.3 is 5.97 Å². The maximum absolute atomic E-state index is 11.5. The van der Waals surface area contributed by atoms with Gasteiger partial charge in [-0.15, -0.1) is 0 Å². The standard InChI is InChI=1S/C12H13ClO3/c1-2-7-16-12(15)10-4-3-9(5-6-14)8-11(10)13/h3-4,6,8H,2,5,7H2,1H3. The molecule has 0 atom stereocenters. The number of aldehydes is 1. The second-order valence-electron chi connectivity index (χ2n) is 3.32. The van der Waals surface area contributed by atoms with Crippen LogP contribution < -0.4 is 0 Å². The van der Waals surface area contributed by atoms with Crippen molar-refractivity contribution in [2.75, 3.05) is 6.61 Å². The summed E-state index contributed by atoms with van der Waals surface area (Å²) in [5.74, 6) is -0.426. The Balaban J connectivity index is 2.81. The summed E-state index contributed by atoms with van der Waals surface area (Å²) >= 11 is 5.92. The number of rotatable bonds is 5. The lowest BCUT2D eigenvalue weighted by Gasteiger charge is -2.05. The fourth-order valence-corrected chi connectivity index (χ4v) is 1.50. The minimum Gasteiger partial charge on any atom is -0.462 e. The summed E-state index contributed by atoms with van der Waals surface area (Å²) in [7, 11) is 0. The Morgan fingerprint density at radius 1 is 1.50 bits per heavy atom. The summed E-state index contributed by atoms with van der Waals surface area (Å²) in [6.07, 6.45) is 1.86. The first kappa shape index (κ1) is 12.7. The number of hydrogen-bond acceptors (Lipinski definition) is 3. The minimum atomic E-state index is -0.426. The number of carbonyl (C=O) groups excluding carboxylic acids is 2. The quantitative estimate of drug-likeness (QED) is 0.587. The highest BCUT2D eigenvalue weighted by atomic mass is 35.5. The molecule has 0 aromatic heterocycles. The molecule has 0 spiro atoms. The van der Waals surface area contributed by atoms with E-state index in [0.29, 0.717) is 23.6 Å². The minimum absolute atomic E-state index is 0.296. The molecule has 0 bridgehead atoms. The van der Waals surface area contributed by atoms with E-state index in [2.05, 4.69) is 0 Å². The summed E-state index contributed by atoms with van der Waals surface area (Å²) in [6.45, 7) is 2.30. The van der Waals surface area contributed by atoms with E-state index >= 15 is 0 Å². The molecule has 0 saturated carbocycles. The Morgan fingerprint density at radius 3 is 2.81 bits per heavy atom. The van der Waals surface area contributed by atoms with Gasteiger partial charge in [-0.2, -0.15) is 0 Å². The second-order valence-corrected chi connectivity index (χ2v) is 3.73. The lowest BCUT2D eigenvalue weighted by molar-refractivity contribution is -0.107. The molecule has 0 unspecified atom stereocenters. The Hall–Kier alpha value is -1.35. The summed E-state index contributed by atoms with van der Waals surface area (Å²) in [4.78, 5) is 21.8. The van der Waals surface area contributed by atoms with Crippen molar-refractivity contribution in [1.82, 2.24) is 0 Å². The molecule has 0 aliphatic heterocycles. The van der Waals surface area contributed by atoms with Crippen LogP contribution in [0.5, 0.6) is 0 Å². The van der Waals surface area contributed by atoms with Gasteiger partial charge in [0.15, 0.2) is 0 Å². The molecule has 3 nitrogen and oxygen atoms in total. The van der Waals surface area contributed by atoms with Gasteiger partial charge in [-0.3, -0.25) is 0 Å².